The molecule has 1 aliphatic rings. The molecule has 1 heterocycles. The van der Waals surface area contributed by atoms with Crippen LogP contribution in [0.5, 0.6) is 0 Å². The lowest BCUT2D eigenvalue weighted by atomic mass is 9.93. The van der Waals surface area contributed by atoms with Crippen LogP contribution in [0.2, 0.25) is 0 Å². The molecule has 2 rings (SSSR count). The smallest absolute Gasteiger partial charge is 0.0684 e. The Morgan fingerprint density at radius 2 is 2.12 bits per heavy atom. The van der Waals surface area contributed by atoms with E-state index >= 15 is 0 Å². The van der Waals surface area contributed by atoms with Gasteiger partial charge in [0.05, 0.1) is 6.61 Å². The molecule has 1 aromatic carbocycles. The van der Waals surface area contributed by atoms with E-state index in [2.05, 4.69) is 37.8 Å². The minimum Gasteiger partial charge on any atom is -0.392 e. The van der Waals surface area contributed by atoms with Gasteiger partial charge in [0.25, 0.3) is 0 Å². The lowest BCUT2D eigenvalue weighted by molar-refractivity contribution is 0.281. The van der Waals surface area contributed by atoms with E-state index in [1.54, 1.807) is 0 Å². The first-order valence-electron chi connectivity index (χ1n) is 5.97. The largest absolute Gasteiger partial charge is 0.392 e. The molecule has 2 nitrogen and oxygen atoms in total. The first-order chi connectivity index (χ1) is 7.52. The van der Waals surface area contributed by atoms with Gasteiger partial charge >= 0.3 is 0 Å². The van der Waals surface area contributed by atoms with E-state index in [0.717, 1.165) is 18.7 Å². The van der Waals surface area contributed by atoms with Crippen molar-refractivity contribution in [3.05, 3.63) is 29.3 Å². The summed E-state index contributed by atoms with van der Waals surface area (Å²) < 4.78 is 0. The van der Waals surface area contributed by atoms with Gasteiger partial charge in [0.2, 0.25) is 0 Å². The number of anilines is 1. The van der Waals surface area contributed by atoms with Crippen molar-refractivity contribution in [2.45, 2.75) is 33.8 Å². The monoisotopic (exact) mass is 219 g/mol. The van der Waals surface area contributed by atoms with E-state index in [1.807, 2.05) is 6.07 Å². The van der Waals surface area contributed by atoms with Crippen molar-refractivity contribution in [2.24, 2.45) is 5.41 Å². The summed E-state index contributed by atoms with van der Waals surface area (Å²) in [6, 6.07) is 6.35. The summed E-state index contributed by atoms with van der Waals surface area (Å²) in [7, 11) is 0. The minimum absolute atomic E-state index is 0.137. The predicted molar refractivity (Wildman–Crippen MR) is 67.7 cm³/mol. The number of benzene rings is 1. The van der Waals surface area contributed by atoms with Crippen LogP contribution in [0, 0.1) is 12.3 Å². The van der Waals surface area contributed by atoms with Gasteiger partial charge in [-0.3, -0.25) is 0 Å². The Morgan fingerprint density at radius 1 is 1.38 bits per heavy atom. The maximum absolute atomic E-state index is 9.14. The van der Waals surface area contributed by atoms with Crippen molar-refractivity contribution >= 4 is 5.69 Å². The summed E-state index contributed by atoms with van der Waals surface area (Å²) in [6.07, 6.45) is 1.26. The summed E-state index contributed by atoms with van der Waals surface area (Å²) in [5.74, 6) is 0. The van der Waals surface area contributed by atoms with Crippen molar-refractivity contribution in [2.75, 3.05) is 18.0 Å². The minimum atomic E-state index is 0.137. The van der Waals surface area contributed by atoms with E-state index in [0.29, 0.717) is 5.41 Å². The highest BCUT2D eigenvalue weighted by Gasteiger charge is 2.29. The number of aryl methyl sites for hydroxylation is 1. The molecule has 0 bridgehead atoms. The van der Waals surface area contributed by atoms with Crippen molar-refractivity contribution in [3.8, 4) is 0 Å². The molecule has 1 fully saturated rings. The van der Waals surface area contributed by atoms with Gasteiger partial charge in [-0.05, 0) is 42.0 Å². The van der Waals surface area contributed by atoms with Gasteiger partial charge in [0.15, 0.2) is 0 Å². The summed E-state index contributed by atoms with van der Waals surface area (Å²) in [4.78, 5) is 2.44. The quantitative estimate of drug-likeness (QED) is 0.826. The molecule has 0 aliphatic carbocycles. The number of hydrogen-bond acceptors (Lipinski definition) is 2. The maximum atomic E-state index is 9.14. The Morgan fingerprint density at radius 3 is 2.62 bits per heavy atom. The van der Waals surface area contributed by atoms with Crippen molar-refractivity contribution < 1.29 is 5.11 Å². The molecule has 0 atom stereocenters. The number of aliphatic hydroxyl groups is 1. The summed E-state index contributed by atoms with van der Waals surface area (Å²) in [5, 5.41) is 9.14. The third-order valence-corrected chi connectivity index (χ3v) is 3.54. The number of rotatable bonds is 2. The van der Waals surface area contributed by atoms with Crippen LogP contribution in [0.4, 0.5) is 5.69 Å². The molecule has 2 heteroatoms. The van der Waals surface area contributed by atoms with Crippen LogP contribution in [0.15, 0.2) is 18.2 Å². The molecule has 0 unspecified atom stereocenters. The van der Waals surface area contributed by atoms with Crippen LogP contribution in [0.25, 0.3) is 0 Å². The fraction of sp³-hybridized carbons (Fsp3) is 0.571. The topological polar surface area (TPSA) is 23.5 Å². The Balaban J connectivity index is 2.20. The van der Waals surface area contributed by atoms with Gasteiger partial charge in [-0.25, -0.2) is 0 Å². The molecule has 0 amide bonds. The van der Waals surface area contributed by atoms with Gasteiger partial charge in [-0.15, -0.1) is 0 Å². The fourth-order valence-corrected chi connectivity index (χ4v) is 2.39. The number of aliphatic hydroxyl groups excluding tert-OH is 1. The zero-order valence-electron chi connectivity index (χ0n) is 10.5. The first-order valence-corrected chi connectivity index (χ1v) is 5.97. The molecule has 1 saturated heterocycles. The van der Waals surface area contributed by atoms with E-state index in [-0.39, 0.29) is 6.61 Å². The van der Waals surface area contributed by atoms with Gasteiger partial charge in [-0.1, -0.05) is 19.9 Å². The fourth-order valence-electron chi connectivity index (χ4n) is 2.39. The second-order valence-corrected chi connectivity index (χ2v) is 5.60. The lowest BCUT2D eigenvalue weighted by Gasteiger charge is -2.22. The molecule has 0 aromatic heterocycles. The Kier molecular flexibility index (Phi) is 2.94. The lowest BCUT2D eigenvalue weighted by Crippen LogP contribution is -2.22. The Bertz CT molecular complexity index is 384. The summed E-state index contributed by atoms with van der Waals surface area (Å²) >= 11 is 0. The van der Waals surface area contributed by atoms with E-state index in [1.165, 1.54) is 17.7 Å². The van der Waals surface area contributed by atoms with Crippen LogP contribution in [0.3, 0.4) is 0 Å². The molecule has 0 spiro atoms. The van der Waals surface area contributed by atoms with Crippen LogP contribution in [-0.4, -0.2) is 18.2 Å². The average molecular weight is 219 g/mol. The zero-order valence-corrected chi connectivity index (χ0v) is 10.5. The molecular weight excluding hydrogens is 198 g/mol. The predicted octanol–water partition coefficient (Wildman–Crippen LogP) is 2.72. The number of nitrogens with zero attached hydrogens (tertiary/aromatic N) is 1. The molecule has 0 saturated carbocycles. The van der Waals surface area contributed by atoms with Gasteiger partial charge < -0.3 is 10.0 Å². The van der Waals surface area contributed by atoms with E-state index in [9.17, 15) is 0 Å². The van der Waals surface area contributed by atoms with Gasteiger partial charge in [0.1, 0.15) is 0 Å². The first kappa shape index (κ1) is 11.5. The standard InChI is InChI=1S/C14H21NO/c1-11-8-13(5-4-12(11)9-16)15-7-6-14(2,3)10-15/h4-5,8,16H,6-7,9-10H2,1-3H3. The highest BCUT2D eigenvalue weighted by atomic mass is 16.3. The van der Waals surface area contributed by atoms with Crippen LogP contribution in [-0.2, 0) is 6.61 Å². The molecule has 1 aromatic rings. The Labute approximate surface area is 97.9 Å². The van der Waals surface area contributed by atoms with Crippen LogP contribution in [0.1, 0.15) is 31.4 Å². The summed E-state index contributed by atoms with van der Waals surface area (Å²) in [5.41, 5.74) is 3.94. The molecular formula is C14H21NO. The van der Waals surface area contributed by atoms with E-state index in [4.69, 9.17) is 5.11 Å². The second-order valence-electron chi connectivity index (χ2n) is 5.60. The SMILES string of the molecule is Cc1cc(N2CCC(C)(C)C2)ccc1CO. The molecule has 0 radical (unpaired) electrons. The molecule has 16 heavy (non-hydrogen) atoms. The highest BCUT2D eigenvalue weighted by molar-refractivity contribution is 5.51. The molecule has 1 aliphatic heterocycles. The van der Waals surface area contributed by atoms with Crippen molar-refractivity contribution in [1.82, 2.24) is 0 Å². The Hall–Kier alpha value is -1.02. The third kappa shape index (κ3) is 2.22. The third-order valence-electron chi connectivity index (χ3n) is 3.54. The molecule has 1 N–H and O–H groups in total. The van der Waals surface area contributed by atoms with Crippen molar-refractivity contribution in [1.29, 1.82) is 0 Å². The maximum Gasteiger partial charge on any atom is 0.0684 e. The van der Waals surface area contributed by atoms with Crippen molar-refractivity contribution in [3.63, 3.8) is 0 Å². The zero-order chi connectivity index (χ0) is 11.8. The van der Waals surface area contributed by atoms with Gasteiger partial charge in [-0.2, -0.15) is 0 Å². The summed E-state index contributed by atoms with van der Waals surface area (Å²) in [6.45, 7) is 9.12. The highest BCUT2D eigenvalue weighted by Crippen LogP contribution is 2.33. The molecule has 88 valence electrons. The van der Waals surface area contributed by atoms with Crippen LogP contribution >= 0.6 is 0 Å². The van der Waals surface area contributed by atoms with Gasteiger partial charge in [0, 0.05) is 18.8 Å². The van der Waals surface area contributed by atoms with E-state index < -0.39 is 0 Å². The van der Waals surface area contributed by atoms with Crippen LogP contribution < -0.4 is 4.90 Å². The normalized spacial score (nSPS) is 19.1. The second kappa shape index (κ2) is 4.10. The number of hydrogen-bond donors (Lipinski definition) is 1. The average Bonchev–Trinajstić information content (AvgIpc) is 2.59.